The first kappa shape index (κ1) is 24.7. The number of sulfonamides is 1. The van der Waals surface area contributed by atoms with E-state index in [1.807, 2.05) is 6.92 Å². The fraction of sp³-hybridized carbons (Fsp3) is 0.182. The maximum absolute atomic E-state index is 14.1. The summed E-state index contributed by atoms with van der Waals surface area (Å²) in [6, 6.07) is 9.17. The number of nitrogens with zero attached hydrogens (tertiary/aromatic N) is 2. The Morgan fingerprint density at radius 2 is 1.79 bits per heavy atom. The molecule has 178 valence electrons. The zero-order valence-electron chi connectivity index (χ0n) is 18.2. The molecule has 0 atom stereocenters. The summed E-state index contributed by atoms with van der Waals surface area (Å²) in [7, 11) is -4.23. The second-order valence-corrected chi connectivity index (χ2v) is 8.85. The summed E-state index contributed by atoms with van der Waals surface area (Å²) in [4.78, 5) is 37.1. The monoisotopic (exact) mass is 487 g/mol. The number of hydrogen-bond donors (Lipinski definition) is 3. The number of nitrogens with one attached hydrogen (secondary N) is 3. The number of halogens is 1. The largest absolute Gasteiger partial charge is 0.290 e. The van der Waals surface area contributed by atoms with Gasteiger partial charge in [0.05, 0.1) is 5.39 Å². The zero-order valence-corrected chi connectivity index (χ0v) is 19.0. The normalized spacial score (nSPS) is 11.2. The summed E-state index contributed by atoms with van der Waals surface area (Å²) in [6.07, 6.45) is 1.89. The van der Waals surface area contributed by atoms with Crippen LogP contribution in [0.1, 0.15) is 34.2 Å². The minimum Gasteiger partial charge on any atom is -0.267 e. The molecule has 10 nitrogen and oxygen atoms in total. The first-order valence-corrected chi connectivity index (χ1v) is 11.7. The molecule has 1 heterocycles. The van der Waals surface area contributed by atoms with E-state index in [1.54, 1.807) is 24.3 Å². The maximum atomic E-state index is 14.1. The predicted octanol–water partition coefficient (Wildman–Crippen LogP) is 1.48. The van der Waals surface area contributed by atoms with Gasteiger partial charge in [-0.1, -0.05) is 31.2 Å². The van der Waals surface area contributed by atoms with Crippen LogP contribution >= 0.6 is 0 Å². The molecule has 1 aromatic heterocycles. The number of benzene rings is 2. The molecule has 0 aliphatic carbocycles. The molecule has 0 aliphatic heterocycles. The van der Waals surface area contributed by atoms with Crippen LogP contribution in [-0.4, -0.2) is 36.6 Å². The van der Waals surface area contributed by atoms with Crippen molar-refractivity contribution in [1.29, 1.82) is 0 Å². The van der Waals surface area contributed by atoms with Crippen LogP contribution in [-0.2, 0) is 16.6 Å². The summed E-state index contributed by atoms with van der Waals surface area (Å²) in [5, 5.41) is 4.72. The standard InChI is InChI=1S/C22H22FN5O5S/c1-3-11-24-34(32,33)18-13-14(9-10-17(18)23)20(29)25-26-21(30)19-15-7-5-6-8-16(15)22(31)28(27-19)12-4-2/h3,5-10,13,24H,1,4,11-12H2,2H3,(H,25,29)(H,26,30). The Morgan fingerprint density at radius 1 is 1.12 bits per heavy atom. The molecule has 2 aromatic carbocycles. The lowest BCUT2D eigenvalue weighted by Crippen LogP contribution is -2.43. The molecule has 0 saturated heterocycles. The third-order valence-electron chi connectivity index (χ3n) is 4.71. The quantitative estimate of drug-likeness (QED) is 0.325. The maximum Gasteiger partial charge on any atom is 0.290 e. The van der Waals surface area contributed by atoms with Gasteiger partial charge in [0.1, 0.15) is 10.7 Å². The fourth-order valence-corrected chi connectivity index (χ4v) is 4.21. The average molecular weight is 488 g/mol. The lowest BCUT2D eigenvalue weighted by atomic mass is 10.1. The van der Waals surface area contributed by atoms with Crippen LogP contribution in [0.25, 0.3) is 10.8 Å². The molecule has 0 fully saturated rings. The van der Waals surface area contributed by atoms with E-state index in [-0.39, 0.29) is 23.4 Å². The number of carbonyl (C=O) groups is 2. The highest BCUT2D eigenvalue weighted by Crippen LogP contribution is 2.17. The number of rotatable bonds is 8. The van der Waals surface area contributed by atoms with E-state index in [9.17, 15) is 27.2 Å². The molecule has 3 rings (SSSR count). The molecule has 0 spiro atoms. The molecule has 0 bridgehead atoms. The first-order chi connectivity index (χ1) is 16.2. The van der Waals surface area contributed by atoms with Crippen molar-refractivity contribution in [2.75, 3.05) is 6.54 Å². The number of carbonyl (C=O) groups excluding carboxylic acids is 2. The average Bonchev–Trinajstić information content (AvgIpc) is 2.83. The van der Waals surface area contributed by atoms with E-state index < -0.39 is 32.6 Å². The van der Waals surface area contributed by atoms with E-state index in [1.165, 1.54) is 10.8 Å². The lowest BCUT2D eigenvalue weighted by molar-refractivity contribution is 0.0843. The van der Waals surface area contributed by atoms with Gasteiger partial charge in [0.25, 0.3) is 17.4 Å². The minimum atomic E-state index is -4.23. The van der Waals surface area contributed by atoms with Gasteiger partial charge < -0.3 is 0 Å². The van der Waals surface area contributed by atoms with E-state index >= 15 is 0 Å². The van der Waals surface area contributed by atoms with Gasteiger partial charge in [-0.15, -0.1) is 6.58 Å². The second-order valence-electron chi connectivity index (χ2n) is 7.12. The fourth-order valence-electron chi connectivity index (χ4n) is 3.11. The van der Waals surface area contributed by atoms with Crippen LogP contribution in [0.2, 0.25) is 0 Å². The van der Waals surface area contributed by atoms with Crippen molar-refractivity contribution in [3.63, 3.8) is 0 Å². The van der Waals surface area contributed by atoms with Crippen molar-refractivity contribution in [1.82, 2.24) is 25.4 Å². The van der Waals surface area contributed by atoms with Crippen LogP contribution in [0.15, 0.2) is 64.8 Å². The minimum absolute atomic E-state index is 0.0834. The number of hydrogen-bond acceptors (Lipinski definition) is 6. The number of hydrazine groups is 1. The van der Waals surface area contributed by atoms with Crippen LogP contribution in [0.4, 0.5) is 4.39 Å². The lowest BCUT2D eigenvalue weighted by Gasteiger charge is -2.12. The number of aryl methyl sites for hydroxylation is 1. The summed E-state index contributed by atoms with van der Waals surface area (Å²) < 4.78 is 41.9. The van der Waals surface area contributed by atoms with Gasteiger partial charge in [-0.2, -0.15) is 5.10 Å². The van der Waals surface area contributed by atoms with Crippen LogP contribution in [0.5, 0.6) is 0 Å². The number of aromatic nitrogens is 2. The van der Waals surface area contributed by atoms with Gasteiger partial charge in [-0.25, -0.2) is 22.2 Å². The second kappa shape index (κ2) is 10.4. The summed E-state index contributed by atoms with van der Waals surface area (Å²) in [5.41, 5.74) is 3.71. The Balaban J connectivity index is 1.85. The van der Waals surface area contributed by atoms with Gasteiger partial charge in [-0.05, 0) is 30.7 Å². The molecule has 2 amide bonds. The third-order valence-corrected chi connectivity index (χ3v) is 6.15. The Labute approximate surface area is 194 Å². The summed E-state index contributed by atoms with van der Waals surface area (Å²) >= 11 is 0. The SMILES string of the molecule is C=CCNS(=O)(=O)c1cc(C(=O)NNC(=O)c2nn(CCC)c(=O)c3ccccc23)ccc1F. The van der Waals surface area contributed by atoms with Gasteiger partial charge >= 0.3 is 0 Å². The zero-order chi connectivity index (χ0) is 24.9. The molecule has 3 N–H and O–H groups in total. The number of amides is 2. The van der Waals surface area contributed by atoms with Crippen LogP contribution in [0, 0.1) is 5.82 Å². The molecule has 0 unspecified atom stereocenters. The van der Waals surface area contributed by atoms with E-state index in [4.69, 9.17) is 0 Å². The van der Waals surface area contributed by atoms with Crippen molar-refractivity contribution in [2.45, 2.75) is 24.8 Å². The Bertz CT molecular complexity index is 1440. The smallest absolute Gasteiger partial charge is 0.267 e. The van der Waals surface area contributed by atoms with Crippen LogP contribution in [0.3, 0.4) is 0 Å². The highest BCUT2D eigenvalue weighted by atomic mass is 32.2. The van der Waals surface area contributed by atoms with Gasteiger partial charge in [0.15, 0.2) is 5.69 Å². The van der Waals surface area contributed by atoms with Gasteiger partial charge in [0, 0.05) is 24.0 Å². The predicted molar refractivity (Wildman–Crippen MR) is 123 cm³/mol. The Morgan fingerprint density at radius 3 is 2.47 bits per heavy atom. The highest BCUT2D eigenvalue weighted by Gasteiger charge is 2.22. The topological polar surface area (TPSA) is 139 Å². The van der Waals surface area contributed by atoms with Gasteiger partial charge in [-0.3, -0.25) is 25.2 Å². The molecule has 34 heavy (non-hydrogen) atoms. The summed E-state index contributed by atoms with van der Waals surface area (Å²) in [5.74, 6) is -2.73. The van der Waals surface area contributed by atoms with E-state index in [2.05, 4.69) is 27.3 Å². The highest BCUT2D eigenvalue weighted by molar-refractivity contribution is 7.89. The molecule has 0 radical (unpaired) electrons. The summed E-state index contributed by atoms with van der Waals surface area (Å²) in [6.45, 7) is 5.40. The molecular weight excluding hydrogens is 465 g/mol. The Kier molecular flexibility index (Phi) is 7.54. The first-order valence-electron chi connectivity index (χ1n) is 10.2. The molecular formula is C22H22FN5O5S. The van der Waals surface area contributed by atoms with E-state index in [0.29, 0.717) is 23.7 Å². The Hall–Kier alpha value is -3.90. The van der Waals surface area contributed by atoms with Crippen molar-refractivity contribution in [3.05, 3.63) is 82.5 Å². The van der Waals surface area contributed by atoms with Gasteiger partial charge in [0.2, 0.25) is 10.0 Å². The molecule has 0 saturated carbocycles. The van der Waals surface area contributed by atoms with Crippen molar-refractivity contribution in [3.8, 4) is 0 Å². The third kappa shape index (κ3) is 5.18. The van der Waals surface area contributed by atoms with Crippen molar-refractivity contribution in [2.24, 2.45) is 0 Å². The molecule has 0 aliphatic rings. The number of fused-ring (bicyclic) bond motifs is 1. The molecule has 3 aromatic rings. The van der Waals surface area contributed by atoms with E-state index in [0.717, 1.165) is 18.2 Å². The van der Waals surface area contributed by atoms with Crippen molar-refractivity contribution < 1.29 is 22.4 Å². The molecule has 12 heteroatoms. The van der Waals surface area contributed by atoms with Crippen molar-refractivity contribution >= 4 is 32.6 Å². The van der Waals surface area contributed by atoms with Crippen LogP contribution < -0.4 is 21.1 Å².